The molecular weight excluding hydrogens is 564 g/mol. The molecule has 0 amide bonds. The van der Waals surface area contributed by atoms with Crippen molar-refractivity contribution < 1.29 is 14.6 Å². The maximum absolute atomic E-state index is 9.00. The van der Waals surface area contributed by atoms with Crippen LogP contribution in [0.25, 0.3) is 22.3 Å². The fraction of sp³-hybridized carbons (Fsp3) is 0.484. The molecule has 1 aromatic carbocycles. The highest BCUT2D eigenvalue weighted by Gasteiger charge is 2.31. The number of rotatable bonds is 6. The molecule has 1 saturated heterocycles. The SMILES string of the molecule is CC(=O)O.COc1c(Cc2ccc(C)s2)ccc(-c2nn(C3CCC(N4CCN(C)CC4)CC3)c3ncnc(N)c23)c1N. The van der Waals surface area contributed by atoms with E-state index in [-0.39, 0.29) is 6.04 Å². The van der Waals surface area contributed by atoms with Crippen LogP contribution < -0.4 is 16.2 Å². The number of carboxylic acids is 1. The summed E-state index contributed by atoms with van der Waals surface area (Å²) in [6, 6.07) is 9.35. The number of benzene rings is 1. The minimum Gasteiger partial charge on any atom is -0.494 e. The minimum absolute atomic E-state index is 0.267. The second-order valence-corrected chi connectivity index (χ2v) is 12.9. The van der Waals surface area contributed by atoms with Crippen LogP contribution >= 0.6 is 11.3 Å². The van der Waals surface area contributed by atoms with Gasteiger partial charge in [-0.05, 0) is 51.8 Å². The topological polar surface area (TPSA) is 149 Å². The van der Waals surface area contributed by atoms with Crippen molar-refractivity contribution in [1.29, 1.82) is 0 Å². The summed E-state index contributed by atoms with van der Waals surface area (Å²) >= 11 is 1.79. The van der Waals surface area contributed by atoms with Crippen LogP contribution in [0, 0.1) is 6.92 Å². The number of anilines is 2. The number of thiophene rings is 1. The normalized spacial score (nSPS) is 19.6. The molecule has 1 aliphatic carbocycles. The van der Waals surface area contributed by atoms with Gasteiger partial charge in [-0.15, -0.1) is 11.3 Å². The van der Waals surface area contributed by atoms with E-state index in [1.54, 1.807) is 18.4 Å². The zero-order valence-corrected chi connectivity index (χ0v) is 26.2. The first kappa shape index (κ1) is 30.7. The van der Waals surface area contributed by atoms with E-state index >= 15 is 0 Å². The van der Waals surface area contributed by atoms with Crippen molar-refractivity contribution in [1.82, 2.24) is 29.5 Å². The molecule has 1 aliphatic heterocycles. The lowest BCUT2D eigenvalue weighted by Gasteiger charge is -2.41. The quantitative estimate of drug-likeness (QED) is 0.269. The molecule has 12 heteroatoms. The maximum atomic E-state index is 9.00. The van der Waals surface area contributed by atoms with Gasteiger partial charge in [0.05, 0.1) is 24.2 Å². The number of carbonyl (C=O) groups is 1. The van der Waals surface area contributed by atoms with Crippen molar-refractivity contribution in [2.75, 3.05) is 51.8 Å². The number of aromatic nitrogens is 4. The standard InChI is InChI=1S/C29H38N8OS.C2H4O2/c1-18-4-10-22(39-18)16-19-5-11-23(25(30)27(19)38-3)26-24-28(31)32-17-33-29(24)37(34-26)21-8-6-20(7-9-21)36-14-12-35(2)13-15-36;1-2(3)4/h4-5,10-11,17,20-21H,6-9,12-16,30H2,1-3H3,(H2,31,32,33);1H3,(H,3,4). The zero-order chi connectivity index (χ0) is 30.7. The highest BCUT2D eigenvalue weighted by atomic mass is 32.1. The number of fused-ring (bicyclic) bond motifs is 1. The summed E-state index contributed by atoms with van der Waals surface area (Å²) in [5.41, 5.74) is 17.1. The van der Waals surface area contributed by atoms with Crippen LogP contribution in [0.15, 0.2) is 30.6 Å². The van der Waals surface area contributed by atoms with Gasteiger partial charge in [-0.2, -0.15) is 5.10 Å². The van der Waals surface area contributed by atoms with Crippen LogP contribution in [0.1, 0.15) is 54.0 Å². The monoisotopic (exact) mass is 606 g/mol. The minimum atomic E-state index is -0.833. The third-order valence-electron chi connectivity index (χ3n) is 8.48. The van der Waals surface area contributed by atoms with Gasteiger partial charge in [-0.3, -0.25) is 9.69 Å². The highest BCUT2D eigenvalue weighted by Crippen LogP contribution is 2.42. The Morgan fingerprint density at radius 1 is 1.05 bits per heavy atom. The number of hydrogen-bond donors (Lipinski definition) is 3. The Hall–Kier alpha value is -3.74. The Kier molecular flexibility index (Phi) is 9.48. The largest absolute Gasteiger partial charge is 0.494 e. The molecule has 3 aromatic heterocycles. The lowest BCUT2D eigenvalue weighted by molar-refractivity contribution is -0.134. The second-order valence-electron chi connectivity index (χ2n) is 11.5. The predicted octanol–water partition coefficient (Wildman–Crippen LogP) is 4.45. The number of carboxylic acid groups (broad SMARTS) is 1. The molecule has 4 aromatic rings. The third-order valence-corrected chi connectivity index (χ3v) is 9.48. The molecule has 5 N–H and O–H groups in total. The average molecular weight is 607 g/mol. The number of likely N-dealkylation sites (N-methyl/N-ethyl adjacent to an activating group) is 1. The summed E-state index contributed by atoms with van der Waals surface area (Å²) in [4.78, 5) is 25.6. The van der Waals surface area contributed by atoms with E-state index in [1.165, 1.54) is 28.9 Å². The van der Waals surface area contributed by atoms with Crippen LogP contribution in [0.3, 0.4) is 0 Å². The summed E-state index contributed by atoms with van der Waals surface area (Å²) < 4.78 is 7.91. The van der Waals surface area contributed by atoms with E-state index in [2.05, 4.69) is 56.6 Å². The number of hydrogen-bond acceptors (Lipinski definition) is 10. The number of methoxy groups -OCH3 is 1. The van der Waals surface area contributed by atoms with Gasteiger partial charge in [0.25, 0.3) is 5.97 Å². The molecule has 2 aliphatic rings. The summed E-state index contributed by atoms with van der Waals surface area (Å²) in [5, 5.41) is 13.3. The number of piperazine rings is 1. The summed E-state index contributed by atoms with van der Waals surface area (Å²) in [6.07, 6.45) is 6.76. The first-order valence-corrected chi connectivity index (χ1v) is 15.6. The van der Waals surface area contributed by atoms with Gasteiger partial charge in [0.15, 0.2) is 5.65 Å². The van der Waals surface area contributed by atoms with E-state index < -0.39 is 5.97 Å². The molecule has 6 rings (SSSR count). The number of nitrogen functional groups attached to an aromatic ring is 2. The first-order chi connectivity index (χ1) is 20.7. The molecule has 4 heterocycles. The smallest absolute Gasteiger partial charge is 0.300 e. The molecular formula is C31H42N8O3S. The number of nitrogens with two attached hydrogens (primary N) is 2. The second kappa shape index (κ2) is 13.3. The molecule has 0 radical (unpaired) electrons. The third kappa shape index (κ3) is 6.76. The zero-order valence-electron chi connectivity index (χ0n) is 25.4. The van der Waals surface area contributed by atoms with Gasteiger partial charge in [-0.25, -0.2) is 14.6 Å². The Bertz CT molecular complexity index is 1560. The Morgan fingerprint density at radius 2 is 1.72 bits per heavy atom. The molecule has 0 unspecified atom stereocenters. The summed E-state index contributed by atoms with van der Waals surface area (Å²) in [7, 11) is 3.88. The van der Waals surface area contributed by atoms with Crippen molar-refractivity contribution in [3.05, 3.63) is 45.9 Å². The Morgan fingerprint density at radius 3 is 2.35 bits per heavy atom. The van der Waals surface area contributed by atoms with Crippen LogP contribution in [0.4, 0.5) is 11.5 Å². The van der Waals surface area contributed by atoms with Crippen molar-refractivity contribution in [2.45, 2.75) is 58.0 Å². The van der Waals surface area contributed by atoms with Gasteiger partial charge in [0, 0.05) is 66.4 Å². The molecule has 0 bridgehead atoms. The Balaban J connectivity index is 0.000000868. The first-order valence-electron chi connectivity index (χ1n) is 14.8. The van der Waals surface area contributed by atoms with Crippen LogP contribution in [-0.4, -0.2) is 87.0 Å². The maximum Gasteiger partial charge on any atom is 0.300 e. The Labute approximate surface area is 256 Å². The highest BCUT2D eigenvalue weighted by molar-refractivity contribution is 7.11. The van der Waals surface area contributed by atoms with E-state index in [0.29, 0.717) is 23.3 Å². The van der Waals surface area contributed by atoms with Gasteiger partial charge in [0.2, 0.25) is 0 Å². The van der Waals surface area contributed by atoms with Crippen LogP contribution in [0.5, 0.6) is 5.75 Å². The number of aliphatic carboxylic acids is 1. The van der Waals surface area contributed by atoms with E-state index in [9.17, 15) is 0 Å². The summed E-state index contributed by atoms with van der Waals surface area (Å²) in [6.45, 7) is 7.83. The molecule has 0 atom stereocenters. The van der Waals surface area contributed by atoms with Crippen molar-refractivity contribution in [3.63, 3.8) is 0 Å². The molecule has 43 heavy (non-hydrogen) atoms. The van der Waals surface area contributed by atoms with Gasteiger partial charge in [-0.1, -0.05) is 12.1 Å². The van der Waals surface area contributed by atoms with Crippen LogP contribution in [-0.2, 0) is 11.2 Å². The predicted molar refractivity (Wildman–Crippen MR) is 172 cm³/mol. The van der Waals surface area contributed by atoms with Gasteiger partial charge < -0.3 is 26.2 Å². The summed E-state index contributed by atoms with van der Waals surface area (Å²) in [5.74, 6) is 0.272. The van der Waals surface area contributed by atoms with Crippen LogP contribution in [0.2, 0.25) is 0 Å². The van der Waals surface area contributed by atoms with Crippen molar-refractivity contribution in [3.8, 4) is 17.0 Å². The van der Waals surface area contributed by atoms with Crippen molar-refractivity contribution in [2.24, 2.45) is 0 Å². The fourth-order valence-electron chi connectivity index (χ4n) is 6.29. The number of ether oxygens (including phenoxy) is 1. The fourth-order valence-corrected chi connectivity index (χ4v) is 7.21. The molecule has 230 valence electrons. The van der Waals surface area contributed by atoms with Crippen molar-refractivity contribution >= 4 is 39.8 Å². The van der Waals surface area contributed by atoms with E-state index in [0.717, 1.165) is 80.2 Å². The lowest BCUT2D eigenvalue weighted by atomic mass is 9.90. The molecule has 0 spiro atoms. The molecule has 2 fully saturated rings. The number of nitrogens with zero attached hydrogens (tertiary/aromatic N) is 6. The van der Waals surface area contributed by atoms with Gasteiger partial charge >= 0.3 is 0 Å². The van der Waals surface area contributed by atoms with Gasteiger partial charge in [0.1, 0.15) is 23.6 Å². The van der Waals surface area contributed by atoms with E-state index in [4.69, 9.17) is 31.2 Å². The molecule has 1 saturated carbocycles. The number of aryl methyl sites for hydroxylation is 1. The lowest BCUT2D eigenvalue weighted by Crippen LogP contribution is -2.49. The van der Waals surface area contributed by atoms with E-state index in [1.807, 2.05) is 6.07 Å². The molecule has 11 nitrogen and oxygen atoms in total. The average Bonchev–Trinajstić information content (AvgIpc) is 3.57.